The molecule has 0 radical (unpaired) electrons. The fourth-order valence-corrected chi connectivity index (χ4v) is 5.21. The molecule has 9 heteroatoms. The highest BCUT2D eigenvalue weighted by Gasteiger charge is 2.33. The van der Waals surface area contributed by atoms with E-state index in [-0.39, 0.29) is 0 Å². The first-order valence-electron chi connectivity index (χ1n) is 8.54. The van der Waals surface area contributed by atoms with Crippen LogP contribution in [0.5, 0.6) is 5.75 Å². The van der Waals surface area contributed by atoms with Crippen molar-refractivity contribution in [3.05, 3.63) is 56.8 Å². The van der Waals surface area contributed by atoms with Crippen molar-refractivity contribution in [3.63, 3.8) is 0 Å². The summed E-state index contributed by atoms with van der Waals surface area (Å²) in [4.78, 5) is 6.48. The van der Waals surface area contributed by atoms with Gasteiger partial charge in [-0.05, 0) is 59.5 Å². The Balaban J connectivity index is 1.52. The zero-order valence-electron chi connectivity index (χ0n) is 14.4. The molecule has 138 valence electrons. The molecule has 0 aliphatic heterocycles. The molecule has 1 saturated carbocycles. The second-order valence-corrected chi connectivity index (χ2v) is 8.76. The van der Waals surface area contributed by atoms with Crippen LogP contribution in [0.4, 0.5) is 0 Å². The number of halogens is 1. The minimum atomic E-state index is -0.838. The van der Waals surface area contributed by atoms with Gasteiger partial charge in [-0.2, -0.15) is 0 Å². The number of ether oxygens (including phenoxy) is 1. The van der Waals surface area contributed by atoms with Crippen molar-refractivity contribution in [2.75, 3.05) is 7.11 Å². The molecule has 1 fully saturated rings. The van der Waals surface area contributed by atoms with Crippen LogP contribution in [0.15, 0.2) is 36.9 Å². The van der Waals surface area contributed by atoms with Gasteiger partial charge < -0.3 is 9.84 Å². The molecule has 1 unspecified atom stereocenters. The lowest BCUT2D eigenvalue weighted by Crippen LogP contribution is -2.06. The average molecular weight is 493 g/mol. The Morgan fingerprint density at radius 2 is 2.22 bits per heavy atom. The molecule has 3 aromatic heterocycles. The van der Waals surface area contributed by atoms with Crippen LogP contribution in [-0.4, -0.2) is 36.6 Å². The van der Waals surface area contributed by atoms with Gasteiger partial charge in [0.1, 0.15) is 28.7 Å². The summed E-state index contributed by atoms with van der Waals surface area (Å²) in [6, 6.07) is 5.78. The zero-order valence-corrected chi connectivity index (χ0v) is 17.4. The normalized spacial score (nSPS) is 15.4. The van der Waals surface area contributed by atoms with Crippen molar-refractivity contribution >= 4 is 38.8 Å². The van der Waals surface area contributed by atoms with Crippen LogP contribution < -0.4 is 4.74 Å². The Morgan fingerprint density at radius 1 is 1.37 bits per heavy atom. The lowest BCUT2D eigenvalue weighted by atomic mass is 10.1. The van der Waals surface area contributed by atoms with Gasteiger partial charge in [0.2, 0.25) is 0 Å². The molecular weight excluding hydrogens is 477 g/mol. The number of methoxy groups -OCH3 is 1. The highest BCUT2D eigenvalue weighted by atomic mass is 127. The third-order valence-electron chi connectivity index (χ3n) is 4.73. The molecule has 0 spiro atoms. The van der Waals surface area contributed by atoms with Gasteiger partial charge in [0.15, 0.2) is 0 Å². The summed E-state index contributed by atoms with van der Waals surface area (Å²) in [5, 5.41) is 19.5. The number of rotatable bonds is 5. The van der Waals surface area contributed by atoms with E-state index in [4.69, 9.17) is 4.74 Å². The van der Waals surface area contributed by atoms with E-state index in [0.29, 0.717) is 11.6 Å². The first kappa shape index (κ1) is 17.1. The van der Waals surface area contributed by atoms with Gasteiger partial charge in [0, 0.05) is 4.88 Å². The minimum absolute atomic E-state index is 0.524. The van der Waals surface area contributed by atoms with Crippen molar-refractivity contribution in [1.29, 1.82) is 0 Å². The Labute approximate surface area is 172 Å². The highest BCUT2D eigenvalue weighted by molar-refractivity contribution is 14.1. The van der Waals surface area contributed by atoms with E-state index in [1.54, 1.807) is 35.7 Å². The van der Waals surface area contributed by atoms with Crippen LogP contribution in [0, 0.1) is 3.57 Å². The van der Waals surface area contributed by atoms with Crippen molar-refractivity contribution < 1.29 is 9.84 Å². The Bertz CT molecular complexity index is 1130. The summed E-state index contributed by atoms with van der Waals surface area (Å²) >= 11 is 3.93. The van der Waals surface area contributed by atoms with Crippen LogP contribution >= 0.6 is 33.9 Å². The monoisotopic (exact) mass is 493 g/mol. The summed E-state index contributed by atoms with van der Waals surface area (Å²) in [6.45, 7) is 0. The summed E-state index contributed by atoms with van der Waals surface area (Å²) in [6.07, 6.45) is 6.88. The number of thiazole rings is 1. The molecule has 1 aliphatic rings. The van der Waals surface area contributed by atoms with E-state index in [9.17, 15) is 5.11 Å². The Kier molecular flexibility index (Phi) is 4.17. The lowest BCUT2D eigenvalue weighted by Gasteiger charge is -2.09. The number of benzene rings is 1. The number of hydrogen-bond acceptors (Lipinski definition) is 6. The van der Waals surface area contributed by atoms with Gasteiger partial charge in [-0.15, -0.1) is 16.4 Å². The topological polar surface area (TPSA) is 77.5 Å². The molecule has 1 atom stereocenters. The van der Waals surface area contributed by atoms with E-state index in [0.717, 1.165) is 25.5 Å². The fraction of sp³-hybridized carbons (Fsp3) is 0.278. The number of aliphatic hydroxyl groups excluding tert-OH is 1. The van der Waals surface area contributed by atoms with Gasteiger partial charge >= 0.3 is 0 Å². The predicted molar refractivity (Wildman–Crippen MR) is 110 cm³/mol. The van der Waals surface area contributed by atoms with Gasteiger partial charge in [-0.3, -0.25) is 4.40 Å². The molecule has 0 amide bonds. The average Bonchev–Trinajstić information content (AvgIpc) is 3.08. The molecule has 0 bridgehead atoms. The molecule has 7 nitrogen and oxygen atoms in total. The maximum atomic E-state index is 11.1. The minimum Gasteiger partial charge on any atom is -0.496 e. The number of nitrogens with zero attached hydrogens (tertiary/aromatic N) is 5. The number of imidazole rings is 1. The standard InChI is InChI=1S/C18H16IN5O2S/c1-26-14-5-4-11(6-12(14)19)24-8-13(21-22-24)17(25)16-18(10-2-3-10)27-15-7-20-9-23(15)16/h4-10,17,25H,2-3H2,1H3. The summed E-state index contributed by atoms with van der Waals surface area (Å²) in [7, 11) is 1.65. The zero-order chi connectivity index (χ0) is 18.5. The Morgan fingerprint density at radius 3 is 2.96 bits per heavy atom. The second-order valence-electron chi connectivity index (χ2n) is 6.54. The molecule has 1 aliphatic carbocycles. The van der Waals surface area contributed by atoms with Crippen LogP contribution in [-0.2, 0) is 0 Å². The molecule has 27 heavy (non-hydrogen) atoms. The quantitative estimate of drug-likeness (QED) is 0.431. The molecule has 3 heterocycles. The largest absolute Gasteiger partial charge is 0.496 e. The van der Waals surface area contributed by atoms with Crippen LogP contribution in [0.2, 0.25) is 0 Å². The number of aliphatic hydroxyl groups is 1. The number of fused-ring (bicyclic) bond motifs is 1. The third-order valence-corrected chi connectivity index (χ3v) is 6.85. The smallest absolute Gasteiger partial charge is 0.141 e. The maximum absolute atomic E-state index is 11.1. The lowest BCUT2D eigenvalue weighted by molar-refractivity contribution is 0.208. The SMILES string of the molecule is COc1ccc(-n2cc(C(O)c3c(C4CC4)sc4cncn34)nn2)cc1I. The second kappa shape index (κ2) is 6.57. The predicted octanol–water partition coefficient (Wildman–Crippen LogP) is 3.55. The van der Waals surface area contributed by atoms with Gasteiger partial charge in [-0.25, -0.2) is 9.67 Å². The van der Waals surface area contributed by atoms with E-state index in [2.05, 4.69) is 37.9 Å². The van der Waals surface area contributed by atoms with Gasteiger partial charge in [0.25, 0.3) is 0 Å². The molecule has 0 saturated heterocycles. The van der Waals surface area contributed by atoms with Gasteiger partial charge in [0.05, 0.1) is 34.5 Å². The summed E-state index contributed by atoms with van der Waals surface area (Å²) in [5.41, 5.74) is 2.26. The third kappa shape index (κ3) is 2.93. The van der Waals surface area contributed by atoms with Crippen LogP contribution in [0.1, 0.15) is 41.1 Å². The van der Waals surface area contributed by atoms with E-state index < -0.39 is 6.10 Å². The van der Waals surface area contributed by atoms with E-state index >= 15 is 0 Å². The molecular formula is C18H16IN5O2S. The summed E-state index contributed by atoms with van der Waals surface area (Å²) < 4.78 is 9.93. The van der Waals surface area contributed by atoms with Crippen LogP contribution in [0.3, 0.4) is 0 Å². The number of aromatic nitrogens is 5. The Hall–Kier alpha value is -1.98. The van der Waals surface area contributed by atoms with Crippen molar-refractivity contribution in [2.45, 2.75) is 24.9 Å². The van der Waals surface area contributed by atoms with Crippen molar-refractivity contribution in [3.8, 4) is 11.4 Å². The maximum Gasteiger partial charge on any atom is 0.141 e. The van der Waals surface area contributed by atoms with Crippen LogP contribution in [0.25, 0.3) is 10.5 Å². The molecule has 1 aromatic carbocycles. The molecule has 4 aromatic rings. The van der Waals surface area contributed by atoms with E-state index in [1.807, 2.05) is 28.8 Å². The molecule has 5 rings (SSSR count). The van der Waals surface area contributed by atoms with Crippen molar-refractivity contribution in [2.24, 2.45) is 0 Å². The first-order valence-corrected chi connectivity index (χ1v) is 10.4. The molecule has 1 N–H and O–H groups in total. The fourth-order valence-electron chi connectivity index (χ4n) is 3.19. The number of hydrogen-bond donors (Lipinski definition) is 1. The van der Waals surface area contributed by atoms with Crippen molar-refractivity contribution in [1.82, 2.24) is 24.4 Å². The van der Waals surface area contributed by atoms with Gasteiger partial charge in [-0.1, -0.05) is 5.21 Å². The van der Waals surface area contributed by atoms with E-state index in [1.165, 1.54) is 17.7 Å². The highest BCUT2D eigenvalue weighted by Crippen LogP contribution is 2.47. The summed E-state index contributed by atoms with van der Waals surface area (Å²) in [5.74, 6) is 1.35. The first-order chi connectivity index (χ1) is 13.2.